The molecule has 0 aliphatic rings. The van der Waals surface area contributed by atoms with E-state index >= 15 is 0 Å². The van der Waals surface area contributed by atoms with Crippen LogP contribution in [0.15, 0.2) is 27.2 Å². The predicted molar refractivity (Wildman–Crippen MR) is 69.6 cm³/mol. The number of hydrogen-bond donors (Lipinski definition) is 1. The van der Waals surface area contributed by atoms with Crippen molar-refractivity contribution >= 4 is 15.9 Å². The maximum absolute atomic E-state index is 13.0. The van der Waals surface area contributed by atoms with Gasteiger partial charge in [-0.05, 0) is 32.0 Å². The molecule has 8 heteroatoms. The van der Waals surface area contributed by atoms with E-state index in [-0.39, 0.29) is 17.3 Å². The molecule has 0 aliphatic heterocycles. The van der Waals surface area contributed by atoms with Crippen LogP contribution in [-0.2, 0) is 11.7 Å². The largest absolute Gasteiger partial charge is 0.417 e. The molecule has 1 heterocycles. The molecule has 0 saturated carbocycles. The van der Waals surface area contributed by atoms with Gasteiger partial charge in [0.2, 0.25) is 0 Å². The van der Waals surface area contributed by atoms with E-state index in [0.717, 1.165) is 6.07 Å². The Kier molecular flexibility index (Phi) is 3.64. The summed E-state index contributed by atoms with van der Waals surface area (Å²) in [6.45, 7) is 3.27. The Morgan fingerprint density at radius 1 is 1.25 bits per heavy atom. The molecule has 0 fully saturated rings. The highest BCUT2D eigenvalue weighted by Crippen LogP contribution is 2.38. The van der Waals surface area contributed by atoms with Crippen molar-refractivity contribution in [1.29, 1.82) is 0 Å². The van der Waals surface area contributed by atoms with Gasteiger partial charge in [-0.2, -0.15) is 18.2 Å². The summed E-state index contributed by atoms with van der Waals surface area (Å²) >= 11 is 3.01. The fraction of sp³-hybridized carbons (Fsp3) is 0.333. The lowest BCUT2D eigenvalue weighted by Crippen LogP contribution is -2.30. The Labute approximate surface area is 121 Å². The third kappa shape index (κ3) is 3.01. The third-order valence-electron chi connectivity index (χ3n) is 2.52. The standard InChI is InChI=1S/C12H11BrF3N3O/c1-11(2,17)10-18-9(20-19-10)7-4-3-6(13)5-8(7)12(14,15)16/h3-5H,17H2,1-2H3. The van der Waals surface area contributed by atoms with Gasteiger partial charge in [0.05, 0.1) is 16.7 Å². The first-order valence-corrected chi connectivity index (χ1v) is 6.38. The molecule has 1 aromatic carbocycles. The minimum atomic E-state index is -4.52. The lowest BCUT2D eigenvalue weighted by atomic mass is 10.1. The van der Waals surface area contributed by atoms with Gasteiger partial charge in [0, 0.05) is 4.47 Å². The van der Waals surface area contributed by atoms with Crippen LogP contribution in [0.4, 0.5) is 13.2 Å². The number of alkyl halides is 3. The van der Waals surface area contributed by atoms with Crippen molar-refractivity contribution < 1.29 is 17.7 Å². The van der Waals surface area contributed by atoms with Crippen molar-refractivity contribution in [2.75, 3.05) is 0 Å². The second kappa shape index (κ2) is 4.85. The van der Waals surface area contributed by atoms with Crippen LogP contribution in [0.1, 0.15) is 25.2 Å². The van der Waals surface area contributed by atoms with Gasteiger partial charge in [-0.3, -0.25) is 0 Å². The van der Waals surface area contributed by atoms with Crippen molar-refractivity contribution in [3.8, 4) is 11.5 Å². The second-order valence-electron chi connectivity index (χ2n) is 4.83. The normalized spacial score (nSPS) is 12.8. The maximum atomic E-state index is 13.0. The summed E-state index contributed by atoms with van der Waals surface area (Å²) in [4.78, 5) is 3.94. The van der Waals surface area contributed by atoms with Gasteiger partial charge in [-0.1, -0.05) is 21.1 Å². The minimum Gasteiger partial charge on any atom is -0.334 e. The average molecular weight is 350 g/mol. The van der Waals surface area contributed by atoms with Gasteiger partial charge in [-0.25, -0.2) is 0 Å². The Balaban J connectivity index is 2.56. The van der Waals surface area contributed by atoms with E-state index in [1.165, 1.54) is 12.1 Å². The molecule has 4 nitrogen and oxygen atoms in total. The fourth-order valence-electron chi connectivity index (χ4n) is 1.53. The number of nitrogens with two attached hydrogens (primary N) is 1. The van der Waals surface area contributed by atoms with Crippen LogP contribution in [0.3, 0.4) is 0 Å². The van der Waals surface area contributed by atoms with E-state index in [0.29, 0.717) is 4.47 Å². The second-order valence-corrected chi connectivity index (χ2v) is 5.75. The van der Waals surface area contributed by atoms with Crippen LogP contribution in [0.25, 0.3) is 11.5 Å². The number of aromatic nitrogens is 2. The first kappa shape index (κ1) is 15.0. The van der Waals surface area contributed by atoms with Gasteiger partial charge in [0.15, 0.2) is 5.82 Å². The minimum absolute atomic E-state index is 0.142. The van der Waals surface area contributed by atoms with Crippen molar-refractivity contribution in [3.05, 3.63) is 34.1 Å². The monoisotopic (exact) mass is 349 g/mol. The zero-order valence-corrected chi connectivity index (χ0v) is 12.2. The lowest BCUT2D eigenvalue weighted by Gasteiger charge is -2.12. The number of benzene rings is 1. The van der Waals surface area contributed by atoms with Gasteiger partial charge >= 0.3 is 6.18 Å². The molecule has 0 amide bonds. The molecular formula is C12H11BrF3N3O. The Hall–Kier alpha value is -1.41. The van der Waals surface area contributed by atoms with Crippen LogP contribution in [0.5, 0.6) is 0 Å². The summed E-state index contributed by atoms with van der Waals surface area (Å²) in [7, 11) is 0. The molecule has 2 aromatic rings. The Morgan fingerprint density at radius 2 is 1.90 bits per heavy atom. The number of hydrogen-bond acceptors (Lipinski definition) is 4. The summed E-state index contributed by atoms with van der Waals surface area (Å²) in [5, 5.41) is 3.62. The molecule has 0 aliphatic carbocycles. The summed E-state index contributed by atoms with van der Waals surface area (Å²) in [6, 6.07) is 3.71. The summed E-state index contributed by atoms with van der Waals surface area (Å²) < 4.78 is 44.3. The van der Waals surface area contributed by atoms with Gasteiger partial charge in [0.25, 0.3) is 5.89 Å². The molecule has 0 unspecified atom stereocenters. The molecule has 0 saturated heterocycles. The molecule has 1 aromatic heterocycles. The molecule has 0 atom stereocenters. The van der Waals surface area contributed by atoms with Crippen LogP contribution < -0.4 is 5.73 Å². The van der Waals surface area contributed by atoms with Gasteiger partial charge in [0.1, 0.15) is 0 Å². The van der Waals surface area contributed by atoms with E-state index in [1.54, 1.807) is 13.8 Å². The smallest absolute Gasteiger partial charge is 0.334 e. The van der Waals surface area contributed by atoms with E-state index in [9.17, 15) is 13.2 Å². The predicted octanol–water partition coefficient (Wildman–Crippen LogP) is 3.71. The molecule has 0 bridgehead atoms. The van der Waals surface area contributed by atoms with Crippen LogP contribution >= 0.6 is 15.9 Å². The Morgan fingerprint density at radius 3 is 2.40 bits per heavy atom. The third-order valence-corrected chi connectivity index (χ3v) is 3.01. The number of rotatable bonds is 2. The number of halogens is 4. The summed E-state index contributed by atoms with van der Waals surface area (Å²) in [5.41, 5.74) is 3.86. The van der Waals surface area contributed by atoms with Crippen LogP contribution in [0, 0.1) is 0 Å². The van der Waals surface area contributed by atoms with E-state index in [1.807, 2.05) is 0 Å². The van der Waals surface area contributed by atoms with E-state index in [4.69, 9.17) is 10.3 Å². The van der Waals surface area contributed by atoms with E-state index in [2.05, 4.69) is 26.1 Å². The van der Waals surface area contributed by atoms with E-state index < -0.39 is 17.3 Å². The topological polar surface area (TPSA) is 64.9 Å². The zero-order valence-electron chi connectivity index (χ0n) is 10.6. The average Bonchev–Trinajstić information content (AvgIpc) is 2.76. The molecule has 20 heavy (non-hydrogen) atoms. The maximum Gasteiger partial charge on any atom is 0.417 e. The lowest BCUT2D eigenvalue weighted by molar-refractivity contribution is -0.137. The van der Waals surface area contributed by atoms with Crippen molar-refractivity contribution in [2.45, 2.75) is 25.6 Å². The summed E-state index contributed by atoms with van der Waals surface area (Å²) in [5.74, 6) is -0.0677. The SMILES string of the molecule is CC(C)(N)c1noc(-c2ccc(Br)cc2C(F)(F)F)n1. The number of nitrogens with zero attached hydrogens (tertiary/aromatic N) is 2. The quantitative estimate of drug-likeness (QED) is 0.897. The van der Waals surface area contributed by atoms with Crippen molar-refractivity contribution in [3.63, 3.8) is 0 Å². The fourth-order valence-corrected chi connectivity index (χ4v) is 1.89. The van der Waals surface area contributed by atoms with Crippen molar-refractivity contribution in [1.82, 2.24) is 10.1 Å². The van der Waals surface area contributed by atoms with Gasteiger partial charge in [-0.15, -0.1) is 0 Å². The summed E-state index contributed by atoms with van der Waals surface area (Å²) in [6.07, 6.45) is -4.52. The molecule has 2 N–H and O–H groups in total. The molecular weight excluding hydrogens is 339 g/mol. The van der Waals surface area contributed by atoms with Gasteiger partial charge < -0.3 is 10.3 Å². The molecule has 2 rings (SSSR count). The van der Waals surface area contributed by atoms with Crippen LogP contribution in [-0.4, -0.2) is 10.1 Å². The molecule has 0 spiro atoms. The zero-order chi connectivity index (χ0) is 15.1. The first-order valence-electron chi connectivity index (χ1n) is 5.59. The van der Waals surface area contributed by atoms with Crippen LogP contribution in [0.2, 0.25) is 0 Å². The molecule has 108 valence electrons. The highest BCUT2D eigenvalue weighted by Gasteiger charge is 2.35. The van der Waals surface area contributed by atoms with Crippen molar-refractivity contribution in [2.24, 2.45) is 5.73 Å². The highest BCUT2D eigenvalue weighted by atomic mass is 79.9. The molecule has 0 radical (unpaired) electrons. The first-order chi connectivity index (χ1) is 9.09. The Bertz CT molecular complexity index is 632. The highest BCUT2D eigenvalue weighted by molar-refractivity contribution is 9.10.